The molecule has 3 rings (SSSR count). The van der Waals surface area contributed by atoms with Crippen molar-refractivity contribution in [3.63, 3.8) is 0 Å². The lowest BCUT2D eigenvalue weighted by atomic mass is 9.84. The van der Waals surface area contributed by atoms with E-state index in [4.69, 9.17) is 9.98 Å². The molecule has 2 aromatic rings. The largest absolute Gasteiger partial charge is 0.369 e. The van der Waals surface area contributed by atoms with Crippen molar-refractivity contribution in [3.05, 3.63) is 65.2 Å². The number of nitrogens with zero attached hydrogens (tertiary/aromatic N) is 2. The van der Waals surface area contributed by atoms with Gasteiger partial charge in [0.1, 0.15) is 11.5 Å². The van der Waals surface area contributed by atoms with Gasteiger partial charge in [0.15, 0.2) is 0 Å². The van der Waals surface area contributed by atoms with Gasteiger partial charge in [-0.2, -0.15) is 0 Å². The summed E-state index contributed by atoms with van der Waals surface area (Å²) in [5.41, 5.74) is 5.87. The third-order valence-corrected chi connectivity index (χ3v) is 6.07. The van der Waals surface area contributed by atoms with Crippen molar-refractivity contribution in [1.29, 1.82) is 0 Å². The molecular formula is C28H39N3. The molecule has 2 aromatic carbocycles. The molecule has 3 heteroatoms. The van der Waals surface area contributed by atoms with Gasteiger partial charge in [0.05, 0.1) is 11.7 Å². The summed E-state index contributed by atoms with van der Waals surface area (Å²) in [7, 11) is 0. The fourth-order valence-electron chi connectivity index (χ4n) is 4.14. The zero-order valence-corrected chi connectivity index (χ0v) is 20.4. The van der Waals surface area contributed by atoms with E-state index in [1.807, 2.05) is 0 Å². The van der Waals surface area contributed by atoms with E-state index in [1.165, 1.54) is 11.1 Å². The fraction of sp³-hybridized carbons (Fsp3) is 0.500. The summed E-state index contributed by atoms with van der Waals surface area (Å²) in [6, 6.07) is 17.4. The summed E-state index contributed by atoms with van der Waals surface area (Å²) in [6.07, 6.45) is 2.22. The van der Waals surface area contributed by atoms with Gasteiger partial charge in [-0.3, -0.25) is 4.99 Å². The predicted molar refractivity (Wildman–Crippen MR) is 135 cm³/mol. The van der Waals surface area contributed by atoms with Crippen LogP contribution in [0.5, 0.6) is 0 Å². The third kappa shape index (κ3) is 5.64. The molecule has 0 aliphatic carbocycles. The average molecular weight is 418 g/mol. The molecule has 0 spiro atoms. The first kappa shape index (κ1) is 23.2. The van der Waals surface area contributed by atoms with Crippen LogP contribution >= 0.6 is 0 Å². The summed E-state index contributed by atoms with van der Waals surface area (Å²) in [6.45, 7) is 16.8. The number of aliphatic imine (C=N–C) groups is 2. The van der Waals surface area contributed by atoms with Crippen LogP contribution in [0.15, 0.2) is 58.5 Å². The molecule has 1 aliphatic heterocycles. The van der Waals surface area contributed by atoms with Crippen molar-refractivity contribution in [3.8, 4) is 0 Å². The van der Waals surface area contributed by atoms with Gasteiger partial charge in [0.2, 0.25) is 0 Å². The van der Waals surface area contributed by atoms with Crippen LogP contribution in [0.1, 0.15) is 89.8 Å². The number of hydrogen-bond acceptors (Lipinski definition) is 3. The average Bonchev–Trinajstić information content (AvgIpc) is 2.98. The van der Waals surface area contributed by atoms with E-state index in [0.717, 1.165) is 42.2 Å². The molecule has 0 amide bonds. The highest BCUT2D eigenvalue weighted by molar-refractivity contribution is 6.48. The third-order valence-electron chi connectivity index (χ3n) is 6.07. The predicted octanol–water partition coefficient (Wildman–Crippen LogP) is 7.25. The number of para-hydroxylation sites is 1. The second-order valence-electron chi connectivity index (χ2n) is 10.3. The Labute approximate surface area is 189 Å². The van der Waals surface area contributed by atoms with Gasteiger partial charge < -0.3 is 5.32 Å². The first-order valence-corrected chi connectivity index (χ1v) is 11.8. The number of amidine groups is 1. The minimum Gasteiger partial charge on any atom is -0.369 e. The molecular weight excluding hydrogens is 378 g/mol. The molecule has 0 saturated carbocycles. The standard InChI is InChI=1S/C28H39N3/c1-19(2)22-15-11-16-23(20(3)4)26(22)31-25(21-13-9-8-10-14-21)27-29-18-12-17-24(30-27)28(5,6)7/h8-11,13-16,19-20,24H,12,17-18H2,1-7H3,(H,29,30)/t24-/m1/s1. The summed E-state index contributed by atoms with van der Waals surface area (Å²) in [4.78, 5) is 10.6. The molecule has 31 heavy (non-hydrogen) atoms. The summed E-state index contributed by atoms with van der Waals surface area (Å²) in [5.74, 6) is 1.73. The lowest BCUT2D eigenvalue weighted by molar-refractivity contribution is 0.307. The fourth-order valence-corrected chi connectivity index (χ4v) is 4.14. The van der Waals surface area contributed by atoms with E-state index >= 15 is 0 Å². The number of benzene rings is 2. The van der Waals surface area contributed by atoms with Gasteiger partial charge in [-0.1, -0.05) is 97.0 Å². The van der Waals surface area contributed by atoms with Crippen LogP contribution < -0.4 is 5.32 Å². The lowest BCUT2D eigenvalue weighted by Gasteiger charge is -2.27. The van der Waals surface area contributed by atoms with Crippen molar-refractivity contribution >= 4 is 17.2 Å². The highest BCUT2D eigenvalue weighted by Gasteiger charge is 2.27. The Morgan fingerprint density at radius 2 is 1.55 bits per heavy atom. The van der Waals surface area contributed by atoms with E-state index < -0.39 is 0 Å². The van der Waals surface area contributed by atoms with E-state index in [0.29, 0.717) is 11.8 Å². The van der Waals surface area contributed by atoms with E-state index in [1.54, 1.807) is 0 Å². The molecule has 0 aromatic heterocycles. The molecule has 1 N–H and O–H groups in total. The maximum absolute atomic E-state index is 5.38. The molecule has 0 bridgehead atoms. The maximum atomic E-state index is 5.38. The van der Waals surface area contributed by atoms with Crippen LogP contribution in [0, 0.1) is 5.41 Å². The van der Waals surface area contributed by atoms with Crippen molar-refractivity contribution in [2.75, 3.05) is 6.54 Å². The Kier molecular flexibility index (Phi) is 7.35. The van der Waals surface area contributed by atoms with Gasteiger partial charge in [0, 0.05) is 12.1 Å². The molecule has 166 valence electrons. The van der Waals surface area contributed by atoms with Crippen molar-refractivity contribution in [2.24, 2.45) is 15.4 Å². The van der Waals surface area contributed by atoms with E-state index in [2.05, 4.69) is 102 Å². The molecule has 3 nitrogen and oxygen atoms in total. The quantitative estimate of drug-likeness (QED) is 0.511. The van der Waals surface area contributed by atoms with Crippen LogP contribution in [-0.2, 0) is 0 Å². The van der Waals surface area contributed by atoms with Crippen LogP contribution in [0.25, 0.3) is 0 Å². The van der Waals surface area contributed by atoms with Gasteiger partial charge >= 0.3 is 0 Å². The summed E-state index contributed by atoms with van der Waals surface area (Å²) in [5, 5.41) is 3.62. The van der Waals surface area contributed by atoms with Crippen LogP contribution in [0.2, 0.25) is 0 Å². The smallest absolute Gasteiger partial charge is 0.148 e. The molecule has 0 unspecified atom stereocenters. The Balaban J connectivity index is 2.25. The second-order valence-corrected chi connectivity index (χ2v) is 10.3. The summed E-state index contributed by atoms with van der Waals surface area (Å²) < 4.78 is 0. The second kappa shape index (κ2) is 9.80. The molecule has 0 saturated heterocycles. The van der Waals surface area contributed by atoms with Gasteiger partial charge in [-0.15, -0.1) is 0 Å². The van der Waals surface area contributed by atoms with Crippen molar-refractivity contribution in [1.82, 2.24) is 5.32 Å². The molecule has 1 atom stereocenters. The summed E-state index contributed by atoms with van der Waals surface area (Å²) >= 11 is 0. The minimum atomic E-state index is 0.123. The van der Waals surface area contributed by atoms with Crippen LogP contribution in [-0.4, -0.2) is 24.1 Å². The Morgan fingerprint density at radius 1 is 0.935 bits per heavy atom. The molecule has 1 heterocycles. The first-order chi connectivity index (χ1) is 14.7. The zero-order chi connectivity index (χ0) is 22.6. The number of hydrogen-bond donors (Lipinski definition) is 1. The maximum Gasteiger partial charge on any atom is 0.148 e. The Bertz CT molecular complexity index is 904. The SMILES string of the molecule is CC(C)c1cccc(C(C)C)c1N=C(C1=N[C@@H](C(C)(C)C)CCCN1)c1ccccc1. The lowest BCUT2D eigenvalue weighted by Crippen LogP contribution is -2.33. The van der Waals surface area contributed by atoms with Crippen molar-refractivity contribution < 1.29 is 0 Å². The van der Waals surface area contributed by atoms with Gasteiger partial charge in [-0.05, 0) is 41.2 Å². The highest BCUT2D eigenvalue weighted by Crippen LogP contribution is 2.35. The topological polar surface area (TPSA) is 36.8 Å². The molecule has 0 radical (unpaired) electrons. The zero-order valence-electron chi connectivity index (χ0n) is 20.4. The normalized spacial score (nSPS) is 18.0. The minimum absolute atomic E-state index is 0.123. The van der Waals surface area contributed by atoms with Gasteiger partial charge in [-0.25, -0.2) is 4.99 Å². The molecule has 0 fully saturated rings. The Hall–Kier alpha value is -2.42. The first-order valence-electron chi connectivity index (χ1n) is 11.8. The van der Waals surface area contributed by atoms with E-state index in [-0.39, 0.29) is 11.5 Å². The Morgan fingerprint density at radius 3 is 2.10 bits per heavy atom. The van der Waals surface area contributed by atoms with Gasteiger partial charge in [0.25, 0.3) is 0 Å². The monoisotopic (exact) mass is 417 g/mol. The number of rotatable bonds is 5. The number of nitrogens with one attached hydrogen (secondary N) is 1. The molecule has 1 aliphatic rings. The van der Waals surface area contributed by atoms with E-state index in [9.17, 15) is 0 Å². The van der Waals surface area contributed by atoms with Crippen LogP contribution in [0.3, 0.4) is 0 Å². The highest BCUT2D eigenvalue weighted by atomic mass is 15.0. The van der Waals surface area contributed by atoms with Crippen molar-refractivity contribution in [2.45, 2.75) is 79.2 Å². The van der Waals surface area contributed by atoms with Crippen LogP contribution in [0.4, 0.5) is 5.69 Å².